The Kier molecular flexibility index (Phi) is 2.50. The van der Waals surface area contributed by atoms with Crippen molar-refractivity contribution in [3.8, 4) is 0 Å². The fraction of sp³-hybridized carbons (Fsp3) is 0.571. The molecule has 16 heavy (non-hydrogen) atoms. The van der Waals surface area contributed by atoms with Crippen LogP contribution in [0.5, 0.6) is 0 Å². The third-order valence-corrected chi connectivity index (χ3v) is 3.62. The van der Waals surface area contributed by atoms with Crippen LogP contribution in [0.2, 0.25) is 0 Å². The van der Waals surface area contributed by atoms with E-state index < -0.39 is 0 Å². The van der Waals surface area contributed by atoms with Gasteiger partial charge in [0, 0.05) is 19.1 Å². The number of para-hydroxylation sites is 1. The molecule has 1 heterocycles. The van der Waals surface area contributed by atoms with Gasteiger partial charge in [-0.3, -0.25) is 0 Å². The van der Waals surface area contributed by atoms with Gasteiger partial charge < -0.3 is 10.2 Å². The first-order valence-electron chi connectivity index (χ1n) is 6.46. The number of nitrogens with one attached hydrogen (secondary N) is 1. The molecular formula is C14H20N2. The Hall–Kier alpha value is -1.18. The topological polar surface area (TPSA) is 15.3 Å². The Bertz CT molecular complexity index is 376. The SMILES string of the molecule is Cc1cccc(N2CCCC2)c1NC1CC1. The molecule has 2 heteroatoms. The van der Waals surface area contributed by atoms with Crippen molar-refractivity contribution in [1.82, 2.24) is 0 Å². The van der Waals surface area contributed by atoms with Gasteiger partial charge in [0.2, 0.25) is 0 Å². The maximum Gasteiger partial charge on any atom is 0.0609 e. The van der Waals surface area contributed by atoms with Gasteiger partial charge in [-0.2, -0.15) is 0 Å². The van der Waals surface area contributed by atoms with Crippen molar-refractivity contribution in [1.29, 1.82) is 0 Å². The Morgan fingerprint density at radius 2 is 1.94 bits per heavy atom. The van der Waals surface area contributed by atoms with Gasteiger partial charge >= 0.3 is 0 Å². The van der Waals surface area contributed by atoms with Crippen molar-refractivity contribution >= 4 is 11.4 Å². The van der Waals surface area contributed by atoms with Crippen LogP contribution in [0.15, 0.2) is 18.2 Å². The van der Waals surface area contributed by atoms with E-state index in [1.165, 1.54) is 55.7 Å². The average molecular weight is 216 g/mol. The molecule has 1 saturated carbocycles. The summed E-state index contributed by atoms with van der Waals surface area (Å²) in [5.74, 6) is 0. The van der Waals surface area contributed by atoms with Crippen molar-refractivity contribution in [2.24, 2.45) is 0 Å². The normalized spacial score (nSPS) is 20.2. The number of anilines is 2. The fourth-order valence-electron chi connectivity index (χ4n) is 2.49. The molecule has 1 aromatic rings. The Balaban J connectivity index is 1.91. The lowest BCUT2D eigenvalue weighted by atomic mass is 10.1. The van der Waals surface area contributed by atoms with E-state index in [1.807, 2.05) is 0 Å². The largest absolute Gasteiger partial charge is 0.380 e. The van der Waals surface area contributed by atoms with Gasteiger partial charge in [0.15, 0.2) is 0 Å². The third kappa shape index (κ3) is 1.89. The molecule has 1 aliphatic heterocycles. The molecule has 0 radical (unpaired) electrons. The van der Waals surface area contributed by atoms with E-state index in [0.29, 0.717) is 0 Å². The Morgan fingerprint density at radius 3 is 2.62 bits per heavy atom. The summed E-state index contributed by atoms with van der Waals surface area (Å²) >= 11 is 0. The van der Waals surface area contributed by atoms with Crippen LogP contribution in [0.25, 0.3) is 0 Å². The molecule has 0 atom stereocenters. The second-order valence-corrected chi connectivity index (χ2v) is 5.08. The number of hydrogen-bond acceptors (Lipinski definition) is 2. The molecule has 0 bridgehead atoms. The highest BCUT2D eigenvalue weighted by Crippen LogP contribution is 2.35. The lowest BCUT2D eigenvalue weighted by Crippen LogP contribution is -2.20. The lowest BCUT2D eigenvalue weighted by Gasteiger charge is -2.23. The summed E-state index contributed by atoms with van der Waals surface area (Å²) in [5.41, 5.74) is 4.19. The minimum Gasteiger partial charge on any atom is -0.380 e. The fourth-order valence-corrected chi connectivity index (χ4v) is 2.49. The van der Waals surface area contributed by atoms with Crippen molar-refractivity contribution in [3.63, 3.8) is 0 Å². The van der Waals surface area contributed by atoms with Crippen LogP contribution in [-0.2, 0) is 0 Å². The molecule has 1 saturated heterocycles. The van der Waals surface area contributed by atoms with Crippen LogP contribution in [0.3, 0.4) is 0 Å². The van der Waals surface area contributed by atoms with E-state index in [0.717, 1.165) is 6.04 Å². The van der Waals surface area contributed by atoms with Gasteiger partial charge in [-0.15, -0.1) is 0 Å². The second kappa shape index (κ2) is 4.00. The summed E-state index contributed by atoms with van der Waals surface area (Å²) in [6, 6.07) is 7.40. The predicted molar refractivity (Wildman–Crippen MR) is 69.3 cm³/mol. The van der Waals surface area contributed by atoms with Gasteiger partial charge in [0.25, 0.3) is 0 Å². The first-order chi connectivity index (χ1) is 7.84. The zero-order valence-corrected chi connectivity index (χ0v) is 10.00. The molecule has 3 rings (SSSR count). The van der Waals surface area contributed by atoms with Crippen molar-refractivity contribution < 1.29 is 0 Å². The molecule has 0 aromatic heterocycles. The van der Waals surface area contributed by atoms with Gasteiger partial charge in [-0.1, -0.05) is 12.1 Å². The molecule has 0 spiro atoms. The number of rotatable bonds is 3. The van der Waals surface area contributed by atoms with Crippen molar-refractivity contribution in [3.05, 3.63) is 23.8 Å². The van der Waals surface area contributed by atoms with E-state index in [2.05, 4.69) is 35.3 Å². The standard InChI is InChI=1S/C14H20N2/c1-11-5-4-6-13(16-9-2-3-10-16)14(11)15-12-7-8-12/h4-6,12,15H,2-3,7-10H2,1H3. The highest BCUT2D eigenvalue weighted by molar-refractivity contribution is 5.74. The van der Waals surface area contributed by atoms with E-state index in [1.54, 1.807) is 0 Å². The molecule has 86 valence electrons. The van der Waals surface area contributed by atoms with Crippen LogP contribution >= 0.6 is 0 Å². The molecule has 2 fully saturated rings. The molecule has 0 unspecified atom stereocenters. The third-order valence-electron chi connectivity index (χ3n) is 3.62. The Morgan fingerprint density at radius 1 is 1.19 bits per heavy atom. The number of aryl methyl sites for hydroxylation is 1. The summed E-state index contributed by atoms with van der Waals surface area (Å²) in [4.78, 5) is 2.53. The number of benzene rings is 1. The Labute approximate surface area is 97.6 Å². The van der Waals surface area contributed by atoms with Gasteiger partial charge in [-0.25, -0.2) is 0 Å². The minimum atomic E-state index is 0.738. The molecule has 2 aliphatic rings. The van der Waals surface area contributed by atoms with Crippen LogP contribution in [0.4, 0.5) is 11.4 Å². The summed E-state index contributed by atoms with van der Waals surface area (Å²) < 4.78 is 0. The molecular weight excluding hydrogens is 196 g/mol. The van der Waals surface area contributed by atoms with Crippen LogP contribution in [0.1, 0.15) is 31.2 Å². The summed E-state index contributed by atoms with van der Waals surface area (Å²) in [6.07, 6.45) is 5.37. The molecule has 1 aliphatic carbocycles. The maximum atomic E-state index is 3.69. The van der Waals surface area contributed by atoms with Gasteiger partial charge in [0.05, 0.1) is 11.4 Å². The first kappa shape index (κ1) is 10.0. The van der Waals surface area contributed by atoms with Crippen LogP contribution < -0.4 is 10.2 Å². The maximum absolute atomic E-state index is 3.69. The summed E-state index contributed by atoms with van der Waals surface area (Å²) in [5, 5.41) is 3.69. The lowest BCUT2D eigenvalue weighted by molar-refractivity contribution is 0.949. The van der Waals surface area contributed by atoms with Crippen LogP contribution in [-0.4, -0.2) is 19.1 Å². The van der Waals surface area contributed by atoms with E-state index in [4.69, 9.17) is 0 Å². The zero-order chi connectivity index (χ0) is 11.0. The highest BCUT2D eigenvalue weighted by Gasteiger charge is 2.24. The average Bonchev–Trinajstić information content (AvgIpc) is 2.94. The molecule has 1 N–H and O–H groups in total. The first-order valence-corrected chi connectivity index (χ1v) is 6.46. The zero-order valence-electron chi connectivity index (χ0n) is 10.00. The minimum absolute atomic E-state index is 0.738. The number of hydrogen-bond donors (Lipinski definition) is 1. The molecule has 0 amide bonds. The quantitative estimate of drug-likeness (QED) is 0.835. The summed E-state index contributed by atoms with van der Waals surface area (Å²) in [7, 11) is 0. The van der Waals surface area contributed by atoms with Crippen molar-refractivity contribution in [2.45, 2.75) is 38.6 Å². The molecule has 2 nitrogen and oxygen atoms in total. The smallest absolute Gasteiger partial charge is 0.0609 e. The van der Waals surface area contributed by atoms with Crippen molar-refractivity contribution in [2.75, 3.05) is 23.3 Å². The van der Waals surface area contributed by atoms with E-state index in [9.17, 15) is 0 Å². The monoisotopic (exact) mass is 216 g/mol. The number of nitrogens with zero attached hydrogens (tertiary/aromatic N) is 1. The van der Waals surface area contributed by atoms with Gasteiger partial charge in [0.1, 0.15) is 0 Å². The van der Waals surface area contributed by atoms with Gasteiger partial charge in [-0.05, 0) is 44.2 Å². The summed E-state index contributed by atoms with van der Waals surface area (Å²) in [6.45, 7) is 4.66. The second-order valence-electron chi connectivity index (χ2n) is 5.08. The van der Waals surface area contributed by atoms with E-state index in [-0.39, 0.29) is 0 Å². The predicted octanol–water partition coefficient (Wildman–Crippen LogP) is 3.17. The van der Waals surface area contributed by atoms with Crippen LogP contribution in [0, 0.1) is 6.92 Å². The molecule has 1 aromatic carbocycles. The van der Waals surface area contributed by atoms with E-state index >= 15 is 0 Å². The highest BCUT2D eigenvalue weighted by atomic mass is 15.2.